The molecule has 2 rings (SSSR count). The van der Waals surface area contributed by atoms with Gasteiger partial charge < -0.3 is 4.74 Å². The van der Waals surface area contributed by atoms with E-state index >= 15 is 0 Å². The second-order valence-electron chi connectivity index (χ2n) is 4.42. The Morgan fingerprint density at radius 3 is 2.65 bits per heavy atom. The number of ether oxygens (including phenoxy) is 1. The van der Waals surface area contributed by atoms with Crippen LogP contribution < -0.4 is 4.74 Å². The summed E-state index contributed by atoms with van der Waals surface area (Å²) in [6.45, 7) is 1.88. The van der Waals surface area contributed by atoms with E-state index in [1.54, 1.807) is 30.6 Å². The van der Waals surface area contributed by atoms with Crippen LogP contribution in [0.3, 0.4) is 0 Å². The molecule has 0 N–H and O–H groups in total. The quantitative estimate of drug-likeness (QED) is 0.845. The van der Waals surface area contributed by atoms with Crippen molar-refractivity contribution in [3.63, 3.8) is 0 Å². The Labute approximate surface area is 126 Å². The fourth-order valence-corrected chi connectivity index (χ4v) is 3.92. The lowest BCUT2D eigenvalue weighted by atomic mass is 10.2. The number of aryl methyl sites for hydroxylation is 1. The van der Waals surface area contributed by atoms with Crippen LogP contribution in [0.25, 0.3) is 0 Å². The molecule has 20 heavy (non-hydrogen) atoms. The summed E-state index contributed by atoms with van der Waals surface area (Å²) in [5.74, 6) is 0.239. The molecule has 0 saturated heterocycles. The SMILES string of the molecule is COc1ccc(Br)cc1S(=O)(=O)Cc1cncc(C)c1. The van der Waals surface area contributed by atoms with Gasteiger partial charge in [0.15, 0.2) is 9.84 Å². The Balaban J connectivity index is 2.43. The van der Waals surface area contributed by atoms with Crippen molar-refractivity contribution in [1.82, 2.24) is 4.98 Å². The van der Waals surface area contributed by atoms with E-state index in [1.165, 1.54) is 7.11 Å². The maximum absolute atomic E-state index is 12.5. The van der Waals surface area contributed by atoms with E-state index in [-0.39, 0.29) is 10.6 Å². The standard InChI is InChI=1S/C14H14BrNO3S/c1-10-5-11(8-16-7-10)9-20(17,18)14-6-12(15)3-4-13(14)19-2/h3-8H,9H2,1-2H3. The lowest BCUT2D eigenvalue weighted by Crippen LogP contribution is -2.07. The molecule has 0 aliphatic heterocycles. The number of pyridine rings is 1. The molecule has 0 aliphatic carbocycles. The summed E-state index contributed by atoms with van der Waals surface area (Å²) in [4.78, 5) is 4.19. The molecular formula is C14H14BrNO3S. The van der Waals surface area contributed by atoms with Gasteiger partial charge in [0, 0.05) is 16.9 Å². The largest absolute Gasteiger partial charge is 0.495 e. The average Bonchev–Trinajstić information content (AvgIpc) is 2.38. The molecule has 6 heteroatoms. The van der Waals surface area contributed by atoms with Gasteiger partial charge >= 0.3 is 0 Å². The van der Waals surface area contributed by atoms with Crippen LogP contribution in [0.2, 0.25) is 0 Å². The molecule has 4 nitrogen and oxygen atoms in total. The third kappa shape index (κ3) is 3.37. The predicted molar refractivity (Wildman–Crippen MR) is 80.6 cm³/mol. The van der Waals surface area contributed by atoms with Gasteiger partial charge in [0.2, 0.25) is 0 Å². The molecule has 1 aromatic heterocycles. The first-order valence-corrected chi connectivity index (χ1v) is 8.34. The fraction of sp³-hybridized carbons (Fsp3) is 0.214. The van der Waals surface area contributed by atoms with E-state index in [9.17, 15) is 8.42 Å². The zero-order chi connectivity index (χ0) is 14.8. The number of halogens is 1. The van der Waals surface area contributed by atoms with Crippen molar-refractivity contribution >= 4 is 25.8 Å². The maximum Gasteiger partial charge on any atom is 0.186 e. The molecule has 0 bridgehead atoms. The van der Waals surface area contributed by atoms with E-state index in [0.717, 1.165) is 5.56 Å². The van der Waals surface area contributed by atoms with Gasteiger partial charge in [-0.25, -0.2) is 8.42 Å². The van der Waals surface area contributed by atoms with Crippen molar-refractivity contribution < 1.29 is 13.2 Å². The van der Waals surface area contributed by atoms with E-state index < -0.39 is 9.84 Å². The van der Waals surface area contributed by atoms with E-state index in [1.807, 2.05) is 13.0 Å². The van der Waals surface area contributed by atoms with Gasteiger partial charge in [0.1, 0.15) is 10.6 Å². The van der Waals surface area contributed by atoms with E-state index in [0.29, 0.717) is 15.8 Å². The summed E-state index contributed by atoms with van der Waals surface area (Å²) in [6, 6.07) is 6.74. The smallest absolute Gasteiger partial charge is 0.186 e. The first-order chi connectivity index (χ1) is 9.42. The molecular weight excluding hydrogens is 342 g/mol. The van der Waals surface area contributed by atoms with Gasteiger partial charge in [-0.2, -0.15) is 0 Å². The highest BCUT2D eigenvalue weighted by atomic mass is 79.9. The molecule has 1 heterocycles. The Morgan fingerprint density at radius 2 is 2.00 bits per heavy atom. The van der Waals surface area contributed by atoms with Crippen molar-refractivity contribution in [3.8, 4) is 5.75 Å². The number of nitrogens with zero attached hydrogens (tertiary/aromatic N) is 1. The van der Waals surface area contributed by atoms with Gasteiger partial charge in [0.25, 0.3) is 0 Å². The van der Waals surface area contributed by atoms with E-state index in [4.69, 9.17) is 4.74 Å². The highest BCUT2D eigenvalue weighted by Crippen LogP contribution is 2.29. The number of rotatable bonds is 4. The molecule has 0 atom stereocenters. The van der Waals surface area contributed by atoms with Crippen LogP contribution in [0.15, 0.2) is 46.0 Å². The summed E-state index contributed by atoms with van der Waals surface area (Å²) in [5.41, 5.74) is 1.59. The Hall–Kier alpha value is -1.40. The van der Waals surface area contributed by atoms with Crippen LogP contribution in [-0.4, -0.2) is 20.5 Å². The first kappa shape index (κ1) is 15.0. The van der Waals surface area contributed by atoms with Crippen LogP contribution in [0, 0.1) is 6.92 Å². The number of sulfone groups is 1. The lowest BCUT2D eigenvalue weighted by Gasteiger charge is -2.10. The van der Waals surface area contributed by atoms with Gasteiger partial charge in [-0.3, -0.25) is 4.98 Å². The first-order valence-electron chi connectivity index (χ1n) is 5.89. The molecule has 2 aromatic rings. The highest BCUT2D eigenvalue weighted by molar-refractivity contribution is 9.10. The van der Waals surface area contributed by atoms with Crippen molar-refractivity contribution in [2.24, 2.45) is 0 Å². The lowest BCUT2D eigenvalue weighted by molar-refractivity contribution is 0.402. The Kier molecular flexibility index (Phi) is 4.45. The molecule has 1 aromatic carbocycles. The second-order valence-corrected chi connectivity index (χ2v) is 7.30. The number of hydrogen-bond acceptors (Lipinski definition) is 4. The van der Waals surface area contributed by atoms with Crippen LogP contribution in [0.1, 0.15) is 11.1 Å². The predicted octanol–water partition coefficient (Wildman–Crippen LogP) is 3.14. The minimum Gasteiger partial charge on any atom is -0.495 e. The number of methoxy groups -OCH3 is 1. The molecule has 0 unspecified atom stereocenters. The summed E-state index contributed by atoms with van der Waals surface area (Å²) >= 11 is 3.28. The maximum atomic E-state index is 12.5. The fourth-order valence-electron chi connectivity index (χ4n) is 1.89. The summed E-state index contributed by atoms with van der Waals surface area (Å²) in [7, 11) is -2.04. The molecule has 0 spiro atoms. The van der Waals surface area contributed by atoms with Gasteiger partial charge in [0.05, 0.1) is 12.9 Å². The summed E-state index contributed by atoms with van der Waals surface area (Å²) < 4.78 is 30.9. The van der Waals surface area contributed by atoms with Crippen molar-refractivity contribution in [1.29, 1.82) is 0 Å². The highest BCUT2D eigenvalue weighted by Gasteiger charge is 2.21. The minimum atomic E-state index is -3.49. The normalized spacial score (nSPS) is 11.3. The van der Waals surface area contributed by atoms with Crippen molar-refractivity contribution in [3.05, 3.63) is 52.3 Å². The zero-order valence-corrected chi connectivity index (χ0v) is 13.5. The molecule has 0 fully saturated rings. The van der Waals surface area contributed by atoms with Crippen LogP contribution >= 0.6 is 15.9 Å². The van der Waals surface area contributed by atoms with Gasteiger partial charge in [-0.05, 0) is 36.2 Å². The molecule has 106 valence electrons. The zero-order valence-electron chi connectivity index (χ0n) is 11.1. The van der Waals surface area contributed by atoms with Gasteiger partial charge in [-0.1, -0.05) is 22.0 Å². The summed E-state index contributed by atoms with van der Waals surface area (Å²) in [6.07, 6.45) is 3.25. The Morgan fingerprint density at radius 1 is 1.25 bits per heavy atom. The molecule has 0 radical (unpaired) electrons. The molecule has 0 amide bonds. The van der Waals surface area contributed by atoms with Gasteiger partial charge in [-0.15, -0.1) is 0 Å². The van der Waals surface area contributed by atoms with Crippen molar-refractivity contribution in [2.75, 3.05) is 7.11 Å². The molecule has 0 saturated carbocycles. The number of aromatic nitrogens is 1. The van der Waals surface area contributed by atoms with Crippen LogP contribution in [-0.2, 0) is 15.6 Å². The molecule has 0 aliphatic rings. The minimum absolute atomic E-state index is 0.103. The average molecular weight is 356 g/mol. The third-order valence-electron chi connectivity index (χ3n) is 2.75. The monoisotopic (exact) mass is 355 g/mol. The van der Waals surface area contributed by atoms with Crippen molar-refractivity contribution in [2.45, 2.75) is 17.6 Å². The Bertz CT molecular complexity index is 729. The number of hydrogen-bond donors (Lipinski definition) is 0. The van der Waals surface area contributed by atoms with Crippen LogP contribution in [0.5, 0.6) is 5.75 Å². The third-order valence-corrected chi connectivity index (χ3v) is 4.94. The summed E-state index contributed by atoms with van der Waals surface area (Å²) in [5, 5.41) is 0. The second kappa shape index (κ2) is 5.93. The van der Waals surface area contributed by atoms with Crippen LogP contribution in [0.4, 0.5) is 0 Å². The topological polar surface area (TPSA) is 56.3 Å². The van der Waals surface area contributed by atoms with E-state index in [2.05, 4.69) is 20.9 Å². The number of benzene rings is 1.